The molecule has 0 spiro atoms. The van der Waals surface area contributed by atoms with E-state index in [-0.39, 0.29) is 0 Å². The minimum Gasteiger partial charge on any atom is -0.0654 e. The molecule has 0 N–H and O–H groups in total. The second-order valence-electron chi connectivity index (χ2n) is 7.81. The summed E-state index contributed by atoms with van der Waals surface area (Å²) in [7, 11) is 0. The first kappa shape index (κ1) is 17.3. The predicted molar refractivity (Wildman–Crippen MR) is 105 cm³/mol. The van der Waals surface area contributed by atoms with E-state index in [2.05, 4.69) is 68.4 Å². The third-order valence-electron chi connectivity index (χ3n) is 6.01. The van der Waals surface area contributed by atoms with Gasteiger partial charge in [-0.2, -0.15) is 0 Å². The molecule has 2 aromatic rings. The molecule has 0 aliphatic heterocycles. The maximum Gasteiger partial charge on any atom is -0.0184 e. The van der Waals surface area contributed by atoms with Crippen molar-refractivity contribution in [3.63, 3.8) is 0 Å². The smallest absolute Gasteiger partial charge is 0.0184 e. The van der Waals surface area contributed by atoms with Crippen LogP contribution in [0.3, 0.4) is 0 Å². The van der Waals surface area contributed by atoms with E-state index < -0.39 is 0 Å². The maximum atomic E-state index is 2.47. The molecule has 0 saturated heterocycles. The Hall–Kier alpha value is -1.56. The Labute approximate surface area is 148 Å². The molecule has 0 amide bonds. The van der Waals surface area contributed by atoms with Gasteiger partial charge in [-0.15, -0.1) is 0 Å². The fraction of sp³-hybridized carbons (Fsp3) is 0.500. The molecule has 1 aliphatic rings. The van der Waals surface area contributed by atoms with Crippen LogP contribution < -0.4 is 0 Å². The summed E-state index contributed by atoms with van der Waals surface area (Å²) < 4.78 is 0. The Balaban J connectivity index is 1.54. The molecule has 0 nitrogen and oxygen atoms in total. The summed E-state index contributed by atoms with van der Waals surface area (Å²) in [4.78, 5) is 0. The van der Waals surface area contributed by atoms with Gasteiger partial charge >= 0.3 is 0 Å². The quantitative estimate of drug-likeness (QED) is 0.530. The van der Waals surface area contributed by atoms with Crippen LogP contribution in [-0.2, 0) is 6.42 Å². The lowest BCUT2D eigenvalue weighted by Gasteiger charge is -2.32. The standard InChI is InChI=1S/C24H32/c1-3-7-20-10-14-22(15-11-20)19(2)18-21-12-16-24(17-13-21)23-8-5-4-6-9-23/h4-6,8-9,12-13,16-17,19-20,22H,3,7,10-11,14-15,18H2,1-2H3. The molecule has 0 heteroatoms. The fourth-order valence-corrected chi connectivity index (χ4v) is 4.46. The molecule has 1 unspecified atom stereocenters. The number of benzene rings is 2. The number of hydrogen-bond acceptors (Lipinski definition) is 0. The van der Waals surface area contributed by atoms with E-state index >= 15 is 0 Å². The molecule has 1 fully saturated rings. The van der Waals surface area contributed by atoms with Crippen molar-refractivity contribution >= 4 is 0 Å². The molecule has 1 atom stereocenters. The predicted octanol–water partition coefficient (Wildman–Crippen LogP) is 7.14. The monoisotopic (exact) mass is 320 g/mol. The second kappa shape index (κ2) is 8.51. The summed E-state index contributed by atoms with van der Waals surface area (Å²) in [6, 6.07) is 19.9. The third kappa shape index (κ3) is 4.50. The van der Waals surface area contributed by atoms with E-state index in [1.807, 2.05) is 0 Å². The summed E-state index contributed by atoms with van der Waals surface area (Å²) in [5.74, 6) is 2.77. The van der Waals surface area contributed by atoms with Gasteiger partial charge in [0.15, 0.2) is 0 Å². The van der Waals surface area contributed by atoms with Crippen molar-refractivity contribution in [3.05, 3.63) is 60.2 Å². The van der Waals surface area contributed by atoms with Crippen molar-refractivity contribution < 1.29 is 0 Å². The summed E-state index contributed by atoms with van der Waals surface area (Å²) >= 11 is 0. The van der Waals surface area contributed by atoms with Gasteiger partial charge in [0.1, 0.15) is 0 Å². The molecule has 1 aliphatic carbocycles. The highest BCUT2D eigenvalue weighted by Crippen LogP contribution is 2.36. The molecule has 3 rings (SSSR count). The molecule has 0 heterocycles. The van der Waals surface area contributed by atoms with Crippen molar-refractivity contribution in [2.45, 2.75) is 58.8 Å². The summed E-state index contributed by atoms with van der Waals surface area (Å²) in [5.41, 5.74) is 4.14. The van der Waals surface area contributed by atoms with Crippen LogP contribution in [0.4, 0.5) is 0 Å². The van der Waals surface area contributed by atoms with Gasteiger partial charge in [-0.3, -0.25) is 0 Å². The zero-order valence-electron chi connectivity index (χ0n) is 15.4. The van der Waals surface area contributed by atoms with Gasteiger partial charge in [0.25, 0.3) is 0 Å². The first-order valence-corrected chi connectivity index (χ1v) is 9.90. The average molecular weight is 321 g/mol. The number of hydrogen-bond donors (Lipinski definition) is 0. The zero-order valence-corrected chi connectivity index (χ0v) is 15.4. The number of rotatable bonds is 6. The van der Waals surface area contributed by atoms with Gasteiger partial charge in [0.05, 0.1) is 0 Å². The van der Waals surface area contributed by atoms with Crippen molar-refractivity contribution in [2.75, 3.05) is 0 Å². The van der Waals surface area contributed by atoms with Gasteiger partial charge < -0.3 is 0 Å². The van der Waals surface area contributed by atoms with Gasteiger partial charge in [0, 0.05) is 0 Å². The van der Waals surface area contributed by atoms with Crippen LogP contribution in [0.25, 0.3) is 11.1 Å². The van der Waals surface area contributed by atoms with Gasteiger partial charge in [-0.25, -0.2) is 0 Å². The zero-order chi connectivity index (χ0) is 16.8. The van der Waals surface area contributed by atoms with Gasteiger partial charge in [-0.05, 0) is 53.7 Å². The summed E-state index contributed by atoms with van der Waals surface area (Å²) in [6.07, 6.45) is 9.88. The second-order valence-corrected chi connectivity index (χ2v) is 7.81. The summed E-state index contributed by atoms with van der Waals surface area (Å²) in [6.45, 7) is 4.80. The molecular formula is C24H32. The van der Waals surface area contributed by atoms with Crippen molar-refractivity contribution in [2.24, 2.45) is 17.8 Å². The Bertz CT molecular complexity index is 588. The first-order chi connectivity index (χ1) is 11.8. The molecule has 128 valence electrons. The van der Waals surface area contributed by atoms with Crippen LogP contribution in [0.5, 0.6) is 0 Å². The molecule has 24 heavy (non-hydrogen) atoms. The summed E-state index contributed by atoms with van der Waals surface area (Å²) in [5, 5.41) is 0. The Kier molecular flexibility index (Phi) is 6.12. The van der Waals surface area contributed by atoms with E-state index in [0.717, 1.165) is 17.8 Å². The van der Waals surface area contributed by atoms with Gasteiger partial charge in [-0.1, -0.05) is 94.1 Å². The Morgan fingerprint density at radius 2 is 1.46 bits per heavy atom. The Morgan fingerprint density at radius 1 is 0.833 bits per heavy atom. The fourth-order valence-electron chi connectivity index (χ4n) is 4.46. The van der Waals surface area contributed by atoms with Crippen molar-refractivity contribution in [1.29, 1.82) is 0 Å². The van der Waals surface area contributed by atoms with Crippen molar-refractivity contribution in [3.8, 4) is 11.1 Å². The minimum atomic E-state index is 0.815. The highest BCUT2D eigenvalue weighted by Gasteiger charge is 2.24. The van der Waals surface area contributed by atoms with Crippen LogP contribution in [0.1, 0.15) is 57.9 Å². The van der Waals surface area contributed by atoms with E-state index in [0.29, 0.717) is 0 Å². The van der Waals surface area contributed by atoms with E-state index in [9.17, 15) is 0 Å². The van der Waals surface area contributed by atoms with E-state index in [4.69, 9.17) is 0 Å². The first-order valence-electron chi connectivity index (χ1n) is 9.90. The highest BCUT2D eigenvalue weighted by atomic mass is 14.3. The van der Waals surface area contributed by atoms with Crippen LogP contribution in [-0.4, -0.2) is 0 Å². The molecule has 0 aromatic heterocycles. The molecule has 1 saturated carbocycles. The maximum absolute atomic E-state index is 2.47. The molecule has 0 radical (unpaired) electrons. The Morgan fingerprint density at radius 3 is 2.08 bits per heavy atom. The largest absolute Gasteiger partial charge is 0.0654 e. The lowest BCUT2D eigenvalue weighted by atomic mass is 9.74. The van der Waals surface area contributed by atoms with Crippen LogP contribution in [0.2, 0.25) is 0 Å². The molecule has 0 bridgehead atoms. The van der Waals surface area contributed by atoms with Crippen LogP contribution in [0.15, 0.2) is 54.6 Å². The lowest BCUT2D eigenvalue weighted by Crippen LogP contribution is -2.21. The molecule has 2 aromatic carbocycles. The van der Waals surface area contributed by atoms with Gasteiger partial charge in [0.2, 0.25) is 0 Å². The molecular weight excluding hydrogens is 288 g/mol. The van der Waals surface area contributed by atoms with E-state index in [1.165, 1.54) is 61.6 Å². The normalized spacial score (nSPS) is 22.2. The third-order valence-corrected chi connectivity index (χ3v) is 6.01. The highest BCUT2D eigenvalue weighted by molar-refractivity contribution is 5.63. The van der Waals surface area contributed by atoms with Crippen LogP contribution >= 0.6 is 0 Å². The SMILES string of the molecule is CCCC1CCC(C(C)Cc2ccc(-c3ccccc3)cc2)CC1. The lowest BCUT2D eigenvalue weighted by molar-refractivity contribution is 0.206. The minimum absolute atomic E-state index is 0.815. The average Bonchev–Trinajstić information content (AvgIpc) is 2.64. The van der Waals surface area contributed by atoms with E-state index in [1.54, 1.807) is 0 Å². The van der Waals surface area contributed by atoms with Crippen LogP contribution in [0, 0.1) is 17.8 Å². The topological polar surface area (TPSA) is 0 Å². The van der Waals surface area contributed by atoms with Crippen molar-refractivity contribution in [1.82, 2.24) is 0 Å².